The Hall–Kier alpha value is -2.44. The van der Waals surface area contributed by atoms with Crippen LogP contribution in [0.3, 0.4) is 0 Å². The van der Waals surface area contributed by atoms with Crippen LogP contribution in [-0.4, -0.2) is 42.2 Å². The van der Waals surface area contributed by atoms with Crippen molar-refractivity contribution in [2.45, 2.75) is 40.0 Å². The first kappa shape index (κ1) is 23.8. The summed E-state index contributed by atoms with van der Waals surface area (Å²) < 4.78 is 5.36. The number of nitrogens with zero attached hydrogens (tertiary/aromatic N) is 1. The van der Waals surface area contributed by atoms with Gasteiger partial charge in [0, 0.05) is 17.9 Å². The molecule has 0 saturated carbocycles. The standard InChI is InChI=1S/C24H33N3O2S/c1-5-18(4)19-8-12-21(13-9-19)25-24(30)26-22-14-10-20(11-15-22)23(28)29-17-16-27(6-2)7-3/h8-15,18H,5-7,16-17H2,1-4H3,(H2,25,26,30). The highest BCUT2D eigenvalue weighted by Crippen LogP contribution is 2.20. The number of nitrogens with one attached hydrogen (secondary N) is 2. The van der Waals surface area contributed by atoms with E-state index in [2.05, 4.69) is 55.4 Å². The highest BCUT2D eigenvalue weighted by atomic mass is 32.1. The third kappa shape index (κ3) is 7.43. The minimum atomic E-state index is -0.309. The zero-order chi connectivity index (χ0) is 21.9. The van der Waals surface area contributed by atoms with Gasteiger partial charge in [-0.2, -0.15) is 0 Å². The van der Waals surface area contributed by atoms with Crippen LogP contribution >= 0.6 is 12.2 Å². The lowest BCUT2D eigenvalue weighted by molar-refractivity contribution is 0.0466. The number of carbonyl (C=O) groups is 1. The summed E-state index contributed by atoms with van der Waals surface area (Å²) >= 11 is 5.40. The molecule has 0 aliphatic carbocycles. The van der Waals surface area contributed by atoms with Gasteiger partial charge >= 0.3 is 5.97 Å². The van der Waals surface area contributed by atoms with E-state index in [0.717, 1.165) is 37.4 Å². The van der Waals surface area contributed by atoms with Crippen LogP contribution in [0, 0.1) is 0 Å². The Balaban J connectivity index is 1.83. The minimum absolute atomic E-state index is 0.309. The fourth-order valence-electron chi connectivity index (χ4n) is 3.00. The monoisotopic (exact) mass is 427 g/mol. The maximum atomic E-state index is 12.2. The molecule has 0 spiro atoms. The molecule has 0 aliphatic rings. The number of rotatable bonds is 10. The molecule has 0 amide bonds. The summed E-state index contributed by atoms with van der Waals surface area (Å²) in [6.07, 6.45) is 1.12. The summed E-state index contributed by atoms with van der Waals surface area (Å²) in [5.74, 6) is 0.238. The molecule has 2 aromatic carbocycles. The number of likely N-dealkylation sites (N-methyl/N-ethyl adjacent to an activating group) is 1. The van der Waals surface area contributed by atoms with Crippen LogP contribution in [-0.2, 0) is 4.74 Å². The van der Waals surface area contributed by atoms with Gasteiger partial charge in [0.2, 0.25) is 0 Å². The second kappa shape index (κ2) is 12.3. The highest BCUT2D eigenvalue weighted by molar-refractivity contribution is 7.80. The molecule has 2 N–H and O–H groups in total. The first-order valence-electron chi connectivity index (χ1n) is 10.6. The molecule has 0 fully saturated rings. The number of hydrogen-bond acceptors (Lipinski definition) is 4. The Kier molecular flexibility index (Phi) is 9.77. The molecule has 2 aromatic rings. The van der Waals surface area contributed by atoms with Crippen LogP contribution in [0.25, 0.3) is 0 Å². The van der Waals surface area contributed by atoms with Gasteiger partial charge in [0.25, 0.3) is 0 Å². The number of carbonyl (C=O) groups excluding carboxylic acids is 1. The molecule has 162 valence electrons. The van der Waals surface area contributed by atoms with E-state index in [4.69, 9.17) is 17.0 Å². The Bertz CT molecular complexity index is 802. The summed E-state index contributed by atoms with van der Waals surface area (Å²) in [5.41, 5.74) is 3.59. The Morgan fingerprint density at radius 3 is 2.00 bits per heavy atom. The normalized spacial score (nSPS) is 11.8. The molecular weight excluding hydrogens is 394 g/mol. The van der Waals surface area contributed by atoms with Crippen molar-refractivity contribution in [1.29, 1.82) is 0 Å². The van der Waals surface area contributed by atoms with Gasteiger partial charge in [-0.1, -0.05) is 39.8 Å². The first-order chi connectivity index (χ1) is 14.5. The Morgan fingerprint density at radius 1 is 0.967 bits per heavy atom. The fourth-order valence-corrected chi connectivity index (χ4v) is 3.24. The van der Waals surface area contributed by atoms with Crippen LogP contribution < -0.4 is 10.6 Å². The maximum Gasteiger partial charge on any atom is 0.338 e. The Labute approximate surface area is 185 Å². The van der Waals surface area contributed by atoms with Gasteiger partial charge < -0.3 is 20.3 Å². The van der Waals surface area contributed by atoms with Gasteiger partial charge in [-0.3, -0.25) is 0 Å². The molecule has 0 aliphatic heterocycles. The number of thiocarbonyl (C=S) groups is 1. The molecule has 0 radical (unpaired) electrons. The summed E-state index contributed by atoms with van der Waals surface area (Å²) in [4.78, 5) is 14.4. The topological polar surface area (TPSA) is 53.6 Å². The van der Waals surface area contributed by atoms with E-state index >= 15 is 0 Å². The minimum Gasteiger partial charge on any atom is -0.461 e. The second-order valence-corrected chi connectivity index (χ2v) is 7.66. The zero-order valence-electron chi connectivity index (χ0n) is 18.4. The van der Waals surface area contributed by atoms with Gasteiger partial charge in [0.1, 0.15) is 6.61 Å². The quantitative estimate of drug-likeness (QED) is 0.385. The van der Waals surface area contributed by atoms with Gasteiger partial charge in [-0.25, -0.2) is 4.79 Å². The number of esters is 1. The average molecular weight is 428 g/mol. The summed E-state index contributed by atoms with van der Waals surface area (Å²) in [5, 5.41) is 6.83. The van der Waals surface area contributed by atoms with Crippen LogP contribution in [0.15, 0.2) is 48.5 Å². The van der Waals surface area contributed by atoms with Gasteiger partial charge in [0.05, 0.1) is 5.56 Å². The van der Waals surface area contributed by atoms with E-state index in [0.29, 0.717) is 23.2 Å². The van der Waals surface area contributed by atoms with E-state index in [-0.39, 0.29) is 5.97 Å². The molecule has 0 bridgehead atoms. The van der Waals surface area contributed by atoms with E-state index < -0.39 is 0 Å². The van der Waals surface area contributed by atoms with Crippen molar-refractivity contribution in [3.63, 3.8) is 0 Å². The highest BCUT2D eigenvalue weighted by Gasteiger charge is 2.09. The van der Waals surface area contributed by atoms with Crippen molar-refractivity contribution >= 4 is 34.7 Å². The van der Waals surface area contributed by atoms with E-state index in [1.165, 1.54) is 5.56 Å². The zero-order valence-corrected chi connectivity index (χ0v) is 19.2. The number of benzene rings is 2. The number of anilines is 2. The van der Waals surface area contributed by atoms with E-state index in [9.17, 15) is 4.79 Å². The van der Waals surface area contributed by atoms with Crippen molar-refractivity contribution in [3.8, 4) is 0 Å². The smallest absolute Gasteiger partial charge is 0.338 e. The SMILES string of the molecule is CCC(C)c1ccc(NC(=S)Nc2ccc(C(=O)OCCN(CC)CC)cc2)cc1. The Morgan fingerprint density at radius 2 is 1.50 bits per heavy atom. The fraction of sp³-hybridized carbons (Fsp3) is 0.417. The summed E-state index contributed by atoms with van der Waals surface area (Å²) in [6, 6.07) is 15.4. The lowest BCUT2D eigenvalue weighted by Gasteiger charge is -2.17. The van der Waals surface area contributed by atoms with Gasteiger partial charge in [-0.05, 0) is 79.6 Å². The largest absolute Gasteiger partial charge is 0.461 e. The molecule has 6 heteroatoms. The van der Waals surface area contributed by atoms with Crippen molar-refractivity contribution in [1.82, 2.24) is 4.90 Å². The molecule has 2 rings (SSSR count). The van der Waals surface area contributed by atoms with Crippen LogP contribution in [0.4, 0.5) is 11.4 Å². The predicted octanol–water partition coefficient (Wildman–Crippen LogP) is 5.51. The predicted molar refractivity (Wildman–Crippen MR) is 130 cm³/mol. The molecule has 0 heterocycles. The third-order valence-corrected chi connectivity index (χ3v) is 5.47. The average Bonchev–Trinajstić information content (AvgIpc) is 2.77. The van der Waals surface area contributed by atoms with Crippen molar-refractivity contribution in [2.75, 3.05) is 36.9 Å². The second-order valence-electron chi connectivity index (χ2n) is 7.25. The molecule has 0 aromatic heterocycles. The molecule has 5 nitrogen and oxygen atoms in total. The van der Waals surface area contributed by atoms with Crippen molar-refractivity contribution < 1.29 is 9.53 Å². The maximum absolute atomic E-state index is 12.2. The van der Waals surface area contributed by atoms with Crippen LogP contribution in [0.2, 0.25) is 0 Å². The van der Waals surface area contributed by atoms with Crippen molar-refractivity contribution in [2.24, 2.45) is 0 Å². The lowest BCUT2D eigenvalue weighted by atomic mass is 9.99. The first-order valence-corrected chi connectivity index (χ1v) is 11.0. The number of hydrogen-bond donors (Lipinski definition) is 2. The van der Waals surface area contributed by atoms with Gasteiger partial charge in [-0.15, -0.1) is 0 Å². The van der Waals surface area contributed by atoms with Gasteiger partial charge in [0.15, 0.2) is 5.11 Å². The summed E-state index contributed by atoms with van der Waals surface area (Å²) in [7, 11) is 0. The van der Waals surface area contributed by atoms with E-state index in [1.54, 1.807) is 12.1 Å². The van der Waals surface area contributed by atoms with Crippen molar-refractivity contribution in [3.05, 3.63) is 59.7 Å². The molecular formula is C24H33N3O2S. The molecule has 30 heavy (non-hydrogen) atoms. The third-order valence-electron chi connectivity index (χ3n) is 5.26. The molecule has 1 atom stereocenters. The molecule has 1 unspecified atom stereocenters. The molecule has 0 saturated heterocycles. The van der Waals surface area contributed by atoms with E-state index in [1.807, 2.05) is 24.3 Å². The number of ether oxygens (including phenoxy) is 1. The lowest BCUT2D eigenvalue weighted by Crippen LogP contribution is -2.27. The van der Waals surface area contributed by atoms with Crippen LogP contribution in [0.5, 0.6) is 0 Å². The van der Waals surface area contributed by atoms with Crippen LogP contribution in [0.1, 0.15) is 56.0 Å². The summed E-state index contributed by atoms with van der Waals surface area (Å²) in [6.45, 7) is 11.6.